The summed E-state index contributed by atoms with van der Waals surface area (Å²) in [5.74, 6) is -1.78. The molecule has 0 saturated carbocycles. The van der Waals surface area contributed by atoms with Crippen LogP contribution in [0.25, 0.3) is 0 Å². The minimum absolute atomic E-state index is 0.305. The van der Waals surface area contributed by atoms with Crippen LogP contribution >= 0.6 is 15.9 Å². The molecule has 1 N–H and O–H groups in total. The normalized spacial score (nSPS) is 22.1. The lowest BCUT2D eigenvalue weighted by Gasteiger charge is -2.25. The molecule has 2 aliphatic rings. The second kappa shape index (κ2) is 8.24. The van der Waals surface area contributed by atoms with Gasteiger partial charge in [-0.2, -0.15) is 0 Å². The molecule has 0 spiro atoms. The number of carbonyl (C=O) groups excluding carboxylic acids is 3. The van der Waals surface area contributed by atoms with Crippen molar-refractivity contribution in [3.63, 3.8) is 0 Å². The highest BCUT2D eigenvalue weighted by atomic mass is 79.9. The van der Waals surface area contributed by atoms with Gasteiger partial charge in [-0.3, -0.25) is 19.4 Å². The van der Waals surface area contributed by atoms with Gasteiger partial charge in [0.1, 0.15) is 6.04 Å². The fraction of sp³-hybridized carbons (Fsp3) is 0.192. The zero-order chi connectivity index (χ0) is 23.3. The second-order valence-corrected chi connectivity index (χ2v) is 9.39. The van der Waals surface area contributed by atoms with Gasteiger partial charge >= 0.3 is 0 Å². The predicted molar refractivity (Wildman–Crippen MR) is 128 cm³/mol. The van der Waals surface area contributed by atoms with E-state index in [1.807, 2.05) is 62.4 Å². The molecule has 0 aromatic heterocycles. The van der Waals surface area contributed by atoms with Crippen molar-refractivity contribution in [3.05, 3.63) is 99.5 Å². The molecule has 2 fully saturated rings. The van der Waals surface area contributed by atoms with E-state index in [4.69, 9.17) is 0 Å². The molecule has 166 valence electrons. The van der Waals surface area contributed by atoms with Crippen LogP contribution in [0.2, 0.25) is 0 Å². The van der Waals surface area contributed by atoms with E-state index in [9.17, 15) is 14.4 Å². The van der Waals surface area contributed by atoms with Gasteiger partial charge in [-0.05, 0) is 60.9 Å². The van der Waals surface area contributed by atoms with E-state index in [2.05, 4.69) is 21.4 Å². The van der Waals surface area contributed by atoms with Crippen LogP contribution in [-0.4, -0.2) is 28.8 Å². The number of amides is 3. The summed E-state index contributed by atoms with van der Waals surface area (Å²) in [5, 5.41) is 1.35. The van der Waals surface area contributed by atoms with Gasteiger partial charge in [0.2, 0.25) is 5.91 Å². The van der Waals surface area contributed by atoms with E-state index in [-0.39, 0.29) is 11.8 Å². The molecule has 0 radical (unpaired) electrons. The first-order chi connectivity index (χ1) is 15.9. The number of halogens is 1. The van der Waals surface area contributed by atoms with Gasteiger partial charge in [0.15, 0.2) is 0 Å². The molecule has 2 aliphatic heterocycles. The number of carbonyl (C=O) groups is 3. The van der Waals surface area contributed by atoms with Gasteiger partial charge in [-0.15, -0.1) is 0 Å². The molecule has 0 bridgehead atoms. The zero-order valence-electron chi connectivity index (χ0n) is 18.2. The summed E-state index contributed by atoms with van der Waals surface area (Å²) < 4.78 is 0.759. The summed E-state index contributed by atoms with van der Waals surface area (Å²) in [6.45, 7) is 3.88. The number of fused-ring (bicyclic) bond motifs is 1. The van der Waals surface area contributed by atoms with Gasteiger partial charge in [-0.25, -0.2) is 10.3 Å². The molecule has 3 atom stereocenters. The Labute approximate surface area is 200 Å². The fourth-order valence-corrected chi connectivity index (χ4v) is 5.15. The van der Waals surface area contributed by atoms with Crippen molar-refractivity contribution < 1.29 is 14.4 Å². The van der Waals surface area contributed by atoms with Crippen LogP contribution < -0.4 is 10.3 Å². The third-order valence-corrected chi connectivity index (χ3v) is 6.80. The molecule has 2 heterocycles. The van der Waals surface area contributed by atoms with Crippen LogP contribution in [0.4, 0.5) is 5.69 Å². The first-order valence-corrected chi connectivity index (χ1v) is 11.5. The van der Waals surface area contributed by atoms with Crippen molar-refractivity contribution in [2.75, 3.05) is 4.90 Å². The van der Waals surface area contributed by atoms with Crippen molar-refractivity contribution in [3.8, 4) is 0 Å². The molecule has 3 aromatic rings. The molecule has 5 rings (SSSR count). The zero-order valence-corrected chi connectivity index (χ0v) is 19.7. The van der Waals surface area contributed by atoms with Crippen molar-refractivity contribution in [1.82, 2.24) is 10.4 Å². The Balaban J connectivity index is 1.61. The van der Waals surface area contributed by atoms with Gasteiger partial charge < -0.3 is 0 Å². The number of hydrazine groups is 1. The van der Waals surface area contributed by atoms with Crippen LogP contribution in [-0.2, 0) is 9.59 Å². The molecule has 0 aliphatic carbocycles. The maximum Gasteiger partial charge on any atom is 0.268 e. The topological polar surface area (TPSA) is 69.7 Å². The van der Waals surface area contributed by atoms with Crippen LogP contribution in [0, 0.1) is 19.8 Å². The number of anilines is 1. The molecule has 7 heteroatoms. The highest BCUT2D eigenvalue weighted by molar-refractivity contribution is 9.10. The van der Waals surface area contributed by atoms with Crippen molar-refractivity contribution in [2.24, 2.45) is 5.92 Å². The van der Waals surface area contributed by atoms with E-state index in [1.54, 1.807) is 24.3 Å². The van der Waals surface area contributed by atoms with Gasteiger partial charge in [0, 0.05) is 10.0 Å². The molecule has 3 aromatic carbocycles. The highest BCUT2D eigenvalue weighted by Crippen LogP contribution is 2.43. The Hall–Kier alpha value is -3.29. The molecule has 33 heavy (non-hydrogen) atoms. The summed E-state index contributed by atoms with van der Waals surface area (Å²) in [6.07, 6.45) is 0. The standard InChI is InChI=1S/C26H22BrN3O3/c1-15-7-5-11-19(13-15)29-25(32)21-22(20-12-4-3-8-16(20)2)28-30(23(21)26(29)33)24(31)17-9-6-10-18(27)14-17/h3-14,21-23,28H,1-2H3/t21-,22-,23+/m1/s1. The van der Waals surface area contributed by atoms with Crippen LogP contribution in [0.3, 0.4) is 0 Å². The van der Waals surface area contributed by atoms with Gasteiger partial charge in [0.05, 0.1) is 17.6 Å². The van der Waals surface area contributed by atoms with Crippen LogP contribution in [0.15, 0.2) is 77.3 Å². The minimum atomic E-state index is -0.936. The third kappa shape index (κ3) is 3.57. The van der Waals surface area contributed by atoms with Crippen molar-refractivity contribution in [2.45, 2.75) is 25.9 Å². The molecule has 2 saturated heterocycles. The second-order valence-electron chi connectivity index (χ2n) is 8.47. The number of nitrogens with zero attached hydrogens (tertiary/aromatic N) is 2. The molecule has 3 amide bonds. The largest absolute Gasteiger partial charge is 0.274 e. The number of benzene rings is 3. The summed E-state index contributed by atoms with van der Waals surface area (Å²) in [6, 6.07) is 20.6. The number of imide groups is 1. The first-order valence-electron chi connectivity index (χ1n) is 10.7. The molecular formula is C26H22BrN3O3. The summed E-state index contributed by atoms with van der Waals surface area (Å²) in [5.41, 5.74) is 6.99. The SMILES string of the molecule is Cc1cccc(N2C(=O)[C@@H]3[C@@H](c4ccccc4C)NN(C(=O)c4cccc(Br)c4)[C@@H]3C2=O)c1. The maximum atomic E-state index is 13.7. The maximum absolute atomic E-state index is 13.7. The predicted octanol–water partition coefficient (Wildman–Crippen LogP) is 4.33. The highest BCUT2D eigenvalue weighted by Gasteiger charge is 2.60. The van der Waals surface area contributed by atoms with E-state index < -0.39 is 23.9 Å². The van der Waals surface area contributed by atoms with Crippen molar-refractivity contribution >= 4 is 39.3 Å². The summed E-state index contributed by atoms with van der Waals surface area (Å²) in [4.78, 5) is 42.1. The number of rotatable bonds is 3. The van der Waals surface area contributed by atoms with Crippen molar-refractivity contribution in [1.29, 1.82) is 0 Å². The number of hydrogen-bond acceptors (Lipinski definition) is 4. The Bertz CT molecular complexity index is 1290. The van der Waals surface area contributed by atoms with Crippen LogP contribution in [0.1, 0.15) is 33.1 Å². The number of aryl methyl sites for hydroxylation is 2. The third-order valence-electron chi connectivity index (χ3n) is 6.31. The summed E-state index contributed by atoms with van der Waals surface area (Å²) in [7, 11) is 0. The van der Waals surface area contributed by atoms with Crippen LogP contribution in [0.5, 0.6) is 0 Å². The smallest absolute Gasteiger partial charge is 0.268 e. The Morgan fingerprint density at radius 1 is 0.909 bits per heavy atom. The minimum Gasteiger partial charge on any atom is -0.274 e. The van der Waals surface area contributed by atoms with Gasteiger partial charge in [-0.1, -0.05) is 58.4 Å². The van der Waals surface area contributed by atoms with E-state index in [1.165, 1.54) is 9.91 Å². The first kappa shape index (κ1) is 21.6. The van der Waals surface area contributed by atoms with E-state index in [0.717, 1.165) is 21.2 Å². The fourth-order valence-electron chi connectivity index (χ4n) is 4.75. The average Bonchev–Trinajstić information content (AvgIpc) is 3.30. The lowest BCUT2D eigenvalue weighted by Crippen LogP contribution is -2.48. The number of nitrogens with one attached hydrogen (secondary N) is 1. The monoisotopic (exact) mass is 503 g/mol. The average molecular weight is 504 g/mol. The summed E-state index contributed by atoms with van der Waals surface area (Å²) >= 11 is 3.40. The molecular weight excluding hydrogens is 482 g/mol. The van der Waals surface area contributed by atoms with E-state index in [0.29, 0.717) is 11.3 Å². The lowest BCUT2D eigenvalue weighted by atomic mass is 9.88. The Morgan fingerprint density at radius 3 is 2.39 bits per heavy atom. The Morgan fingerprint density at radius 2 is 1.67 bits per heavy atom. The molecule has 0 unspecified atom stereocenters. The Kier molecular flexibility index (Phi) is 5.38. The lowest BCUT2D eigenvalue weighted by molar-refractivity contribution is -0.123. The van der Waals surface area contributed by atoms with E-state index >= 15 is 0 Å². The van der Waals surface area contributed by atoms with Gasteiger partial charge in [0.25, 0.3) is 11.8 Å². The molecule has 6 nitrogen and oxygen atoms in total. The quantitative estimate of drug-likeness (QED) is 0.540. The number of hydrogen-bond donors (Lipinski definition) is 1.